The Kier molecular flexibility index (Phi) is 3.02. The minimum absolute atomic E-state index is 0.0664. The molecule has 0 radical (unpaired) electrons. The molecule has 0 heterocycles. The van der Waals surface area contributed by atoms with E-state index >= 15 is 0 Å². The summed E-state index contributed by atoms with van der Waals surface area (Å²) in [5.74, 6) is 0. The Morgan fingerprint density at radius 2 is 1.41 bits per heavy atom. The van der Waals surface area contributed by atoms with Crippen molar-refractivity contribution in [2.75, 3.05) is 0 Å². The topological polar surface area (TPSA) is 0 Å². The van der Waals surface area contributed by atoms with E-state index in [2.05, 4.69) is 47.6 Å². The van der Waals surface area contributed by atoms with Crippen molar-refractivity contribution in [1.29, 1.82) is 0 Å². The van der Waals surface area contributed by atoms with Gasteiger partial charge in [-0.25, -0.2) is 0 Å². The molecule has 0 bridgehead atoms. The van der Waals surface area contributed by atoms with Crippen molar-refractivity contribution >= 4 is 0 Å². The molecule has 0 aliphatic heterocycles. The first-order valence-corrected chi connectivity index (χ1v) is 7.89. The van der Waals surface area contributed by atoms with Crippen LogP contribution >= 0.6 is 0 Å². The molecule has 22 heavy (non-hydrogen) atoms. The van der Waals surface area contributed by atoms with Crippen molar-refractivity contribution in [3.05, 3.63) is 58.6 Å². The molecular formula is C22H30. The van der Waals surface area contributed by atoms with Crippen LogP contribution in [-0.2, 0) is 10.8 Å². The standard InChI is InChI=1S/C22H30/c1-15-9-10-20(16(2)11-15)17-12-18(21(3,4)5)14-19(13-17)22(6,7)8/h9-14H,1-8H3/i2D3,10D. The van der Waals surface area contributed by atoms with Gasteiger partial charge in [0, 0.05) is 4.11 Å². The highest BCUT2D eigenvalue weighted by molar-refractivity contribution is 5.69. The Morgan fingerprint density at radius 3 is 1.86 bits per heavy atom. The molecule has 0 fully saturated rings. The second-order valence-electron chi connectivity index (χ2n) is 8.26. The number of aryl methyl sites for hydroxylation is 2. The van der Waals surface area contributed by atoms with Crippen molar-refractivity contribution < 1.29 is 5.48 Å². The molecular weight excluding hydrogens is 264 g/mol. The molecule has 0 spiro atoms. The molecule has 0 heteroatoms. The molecule has 0 nitrogen and oxygen atoms in total. The Balaban J connectivity index is 2.89. The summed E-state index contributed by atoms with van der Waals surface area (Å²) in [7, 11) is 0. The third-order valence-corrected chi connectivity index (χ3v) is 4.04. The predicted octanol–water partition coefficient (Wildman–Crippen LogP) is 6.57. The maximum absolute atomic E-state index is 8.47. The van der Waals surface area contributed by atoms with Crippen molar-refractivity contribution in [1.82, 2.24) is 0 Å². The highest BCUT2D eigenvalue weighted by atomic mass is 14.3. The summed E-state index contributed by atoms with van der Waals surface area (Å²) < 4.78 is 32.4. The summed E-state index contributed by atoms with van der Waals surface area (Å²) in [6.07, 6.45) is 0. The highest BCUT2D eigenvalue weighted by Gasteiger charge is 2.21. The summed E-state index contributed by atoms with van der Waals surface area (Å²) in [6, 6.07) is 10.0. The van der Waals surface area contributed by atoms with Crippen LogP contribution in [0.25, 0.3) is 11.1 Å². The minimum atomic E-state index is -2.25. The molecule has 0 amide bonds. The van der Waals surface area contributed by atoms with Crippen LogP contribution in [0, 0.1) is 13.8 Å². The zero-order valence-electron chi connectivity index (χ0n) is 18.9. The van der Waals surface area contributed by atoms with Crippen LogP contribution in [0.4, 0.5) is 0 Å². The van der Waals surface area contributed by atoms with Crippen LogP contribution in [0.5, 0.6) is 0 Å². The molecule has 0 atom stereocenters. The molecule has 2 aromatic carbocycles. The third-order valence-electron chi connectivity index (χ3n) is 4.04. The van der Waals surface area contributed by atoms with E-state index in [0.717, 1.165) is 22.3 Å². The Bertz CT molecular complexity index is 783. The normalized spacial score (nSPS) is 15.8. The van der Waals surface area contributed by atoms with Crippen molar-refractivity contribution in [3.8, 4) is 11.1 Å². The van der Waals surface area contributed by atoms with Gasteiger partial charge in [-0.15, -0.1) is 0 Å². The van der Waals surface area contributed by atoms with E-state index in [0.29, 0.717) is 5.56 Å². The average Bonchev–Trinajstić information content (AvgIpc) is 2.43. The van der Waals surface area contributed by atoms with E-state index in [4.69, 9.17) is 5.48 Å². The Morgan fingerprint density at radius 1 is 0.864 bits per heavy atom. The quantitative estimate of drug-likeness (QED) is 0.559. The van der Waals surface area contributed by atoms with Crippen LogP contribution in [0.1, 0.15) is 69.3 Å². The van der Waals surface area contributed by atoms with Crippen LogP contribution in [0.3, 0.4) is 0 Å². The first-order valence-electron chi connectivity index (χ1n) is 9.89. The van der Waals surface area contributed by atoms with Gasteiger partial charge in [-0.05, 0) is 52.4 Å². The Hall–Kier alpha value is -1.56. The molecule has 2 rings (SSSR count). The van der Waals surface area contributed by atoms with Gasteiger partial charge in [0.15, 0.2) is 0 Å². The summed E-state index contributed by atoms with van der Waals surface area (Å²) >= 11 is 0. The monoisotopic (exact) mass is 298 g/mol. The van der Waals surface area contributed by atoms with Gasteiger partial charge in [0.25, 0.3) is 0 Å². The predicted molar refractivity (Wildman–Crippen MR) is 98.8 cm³/mol. The van der Waals surface area contributed by atoms with E-state index < -0.39 is 6.85 Å². The fourth-order valence-corrected chi connectivity index (χ4v) is 2.48. The molecule has 0 saturated heterocycles. The summed E-state index contributed by atoms with van der Waals surface area (Å²) in [6.45, 7) is 12.5. The van der Waals surface area contributed by atoms with Gasteiger partial charge in [0.05, 0.1) is 1.37 Å². The Labute approximate surface area is 142 Å². The highest BCUT2D eigenvalue weighted by Crippen LogP contribution is 2.35. The lowest BCUT2D eigenvalue weighted by Crippen LogP contribution is -2.16. The van der Waals surface area contributed by atoms with E-state index in [1.165, 1.54) is 0 Å². The second-order valence-corrected chi connectivity index (χ2v) is 8.26. The molecule has 0 aromatic heterocycles. The van der Waals surface area contributed by atoms with Crippen LogP contribution < -0.4 is 0 Å². The fraction of sp³-hybridized carbons (Fsp3) is 0.455. The third kappa shape index (κ3) is 3.61. The molecule has 0 unspecified atom stereocenters. The van der Waals surface area contributed by atoms with Gasteiger partial charge in [-0.2, -0.15) is 0 Å². The fourth-order valence-electron chi connectivity index (χ4n) is 2.48. The molecule has 0 aliphatic rings. The van der Waals surface area contributed by atoms with Gasteiger partial charge in [0.1, 0.15) is 0 Å². The lowest BCUT2D eigenvalue weighted by Gasteiger charge is -2.26. The van der Waals surface area contributed by atoms with Crippen molar-refractivity contribution in [3.63, 3.8) is 0 Å². The average molecular weight is 299 g/mol. The number of rotatable bonds is 1. The number of benzene rings is 2. The van der Waals surface area contributed by atoms with Crippen LogP contribution in [0.15, 0.2) is 36.4 Å². The zero-order valence-corrected chi connectivity index (χ0v) is 14.9. The van der Waals surface area contributed by atoms with Crippen molar-refractivity contribution in [2.45, 2.75) is 66.1 Å². The lowest BCUT2D eigenvalue weighted by atomic mass is 9.78. The number of hydrogen-bond acceptors (Lipinski definition) is 0. The van der Waals surface area contributed by atoms with Crippen molar-refractivity contribution in [2.24, 2.45) is 0 Å². The molecule has 0 saturated carbocycles. The maximum Gasteiger partial charge on any atom is 0.0629 e. The summed E-state index contributed by atoms with van der Waals surface area (Å²) in [4.78, 5) is 0. The molecule has 0 N–H and O–H groups in total. The zero-order chi connectivity index (χ0) is 20.1. The largest absolute Gasteiger partial charge is 0.0629 e. The van der Waals surface area contributed by atoms with E-state index in [-0.39, 0.29) is 22.4 Å². The lowest BCUT2D eigenvalue weighted by molar-refractivity contribution is 0.569. The van der Waals surface area contributed by atoms with E-state index in [1.54, 1.807) is 12.1 Å². The minimum Gasteiger partial charge on any atom is -0.0587 e. The van der Waals surface area contributed by atoms with Gasteiger partial charge < -0.3 is 0 Å². The van der Waals surface area contributed by atoms with E-state index in [9.17, 15) is 0 Å². The van der Waals surface area contributed by atoms with E-state index in [1.807, 2.05) is 19.1 Å². The molecule has 0 aliphatic carbocycles. The van der Waals surface area contributed by atoms with Crippen LogP contribution in [0.2, 0.25) is 0 Å². The second kappa shape index (κ2) is 5.57. The summed E-state index contributed by atoms with van der Waals surface area (Å²) in [5, 5.41) is 0. The van der Waals surface area contributed by atoms with Crippen LogP contribution in [-0.4, -0.2) is 0 Å². The molecule has 118 valence electrons. The van der Waals surface area contributed by atoms with Gasteiger partial charge in [0.2, 0.25) is 0 Å². The number of hydrogen-bond donors (Lipinski definition) is 0. The maximum atomic E-state index is 8.47. The summed E-state index contributed by atoms with van der Waals surface area (Å²) in [5.41, 5.74) is 4.56. The van der Waals surface area contributed by atoms with Gasteiger partial charge >= 0.3 is 0 Å². The first kappa shape index (κ1) is 11.9. The smallest absolute Gasteiger partial charge is 0.0587 e. The van der Waals surface area contributed by atoms with Gasteiger partial charge in [-0.3, -0.25) is 0 Å². The first-order chi connectivity index (χ1) is 11.6. The SMILES string of the molecule is [2H]c1cc(C)cc(C([2H])([2H])[2H])c1-c1cc(C(C)(C)C)cc(C(C)(C)C)c1. The molecule has 2 aromatic rings. The van der Waals surface area contributed by atoms with Gasteiger partial charge in [-0.1, -0.05) is 83.5 Å².